The number of anilines is 1. The third kappa shape index (κ3) is 5.07. The van der Waals surface area contributed by atoms with Gasteiger partial charge < -0.3 is 24.4 Å². The summed E-state index contributed by atoms with van der Waals surface area (Å²) in [6, 6.07) is 9.60. The summed E-state index contributed by atoms with van der Waals surface area (Å²) in [4.78, 5) is 44.0. The van der Waals surface area contributed by atoms with E-state index in [0.29, 0.717) is 56.3 Å². The van der Waals surface area contributed by atoms with E-state index >= 15 is 0 Å². The van der Waals surface area contributed by atoms with Crippen LogP contribution in [0.4, 0.5) is 10.5 Å². The molecule has 0 aliphatic carbocycles. The molecule has 4 rings (SSSR count). The maximum atomic E-state index is 13.4. The molecule has 0 bridgehead atoms. The zero-order valence-corrected chi connectivity index (χ0v) is 18.6. The molecule has 170 valence electrons. The minimum Gasteiger partial charge on any atom is -0.459 e. The number of halogens is 1. The third-order valence-corrected chi connectivity index (χ3v) is 6.19. The Bertz CT molecular complexity index is 965. The molecular weight excluding hydrogens is 432 g/mol. The van der Waals surface area contributed by atoms with Crippen LogP contribution in [-0.4, -0.2) is 71.3 Å². The fourth-order valence-corrected chi connectivity index (χ4v) is 4.48. The van der Waals surface area contributed by atoms with E-state index in [0.717, 1.165) is 12.8 Å². The van der Waals surface area contributed by atoms with Crippen LogP contribution in [0.5, 0.6) is 0 Å². The van der Waals surface area contributed by atoms with Gasteiger partial charge >= 0.3 is 6.03 Å². The molecular formula is C23H27ClN4O4. The van der Waals surface area contributed by atoms with Gasteiger partial charge in [0.1, 0.15) is 6.04 Å². The Morgan fingerprint density at radius 1 is 0.938 bits per heavy atom. The highest BCUT2D eigenvalue weighted by Gasteiger charge is 2.36. The molecule has 2 fully saturated rings. The second kappa shape index (κ2) is 10.1. The van der Waals surface area contributed by atoms with Crippen molar-refractivity contribution in [2.24, 2.45) is 0 Å². The Morgan fingerprint density at radius 3 is 2.53 bits per heavy atom. The van der Waals surface area contributed by atoms with Crippen LogP contribution in [0, 0.1) is 0 Å². The molecule has 1 N–H and O–H groups in total. The first-order valence-electron chi connectivity index (χ1n) is 11.0. The number of rotatable bonds is 3. The van der Waals surface area contributed by atoms with Gasteiger partial charge in [-0.3, -0.25) is 9.59 Å². The first-order chi connectivity index (χ1) is 15.5. The first-order valence-corrected chi connectivity index (χ1v) is 11.4. The molecule has 0 radical (unpaired) electrons. The number of likely N-dealkylation sites (tertiary alicyclic amines) is 1. The number of hydrogen-bond acceptors (Lipinski definition) is 4. The lowest BCUT2D eigenvalue weighted by atomic mass is 10.00. The van der Waals surface area contributed by atoms with Crippen LogP contribution in [0.2, 0.25) is 5.02 Å². The summed E-state index contributed by atoms with van der Waals surface area (Å²) < 4.78 is 5.26. The average molecular weight is 459 g/mol. The third-order valence-electron chi connectivity index (χ3n) is 5.95. The van der Waals surface area contributed by atoms with E-state index in [2.05, 4.69) is 5.32 Å². The largest absolute Gasteiger partial charge is 0.459 e. The van der Waals surface area contributed by atoms with E-state index < -0.39 is 6.04 Å². The van der Waals surface area contributed by atoms with Crippen molar-refractivity contribution in [2.45, 2.75) is 31.7 Å². The lowest BCUT2D eigenvalue weighted by Gasteiger charge is -2.37. The lowest BCUT2D eigenvalue weighted by Crippen LogP contribution is -2.53. The summed E-state index contributed by atoms with van der Waals surface area (Å²) in [6.07, 6.45) is 4.55. The van der Waals surface area contributed by atoms with E-state index in [1.54, 1.807) is 51.1 Å². The quantitative estimate of drug-likeness (QED) is 0.759. The van der Waals surface area contributed by atoms with Gasteiger partial charge in [-0.2, -0.15) is 0 Å². The van der Waals surface area contributed by atoms with Gasteiger partial charge in [0.2, 0.25) is 5.91 Å². The summed E-state index contributed by atoms with van der Waals surface area (Å²) >= 11 is 5.99. The fraction of sp³-hybridized carbons (Fsp3) is 0.435. The number of hydrogen-bond donors (Lipinski definition) is 1. The van der Waals surface area contributed by atoms with Gasteiger partial charge in [0, 0.05) is 43.4 Å². The number of furan rings is 1. The van der Waals surface area contributed by atoms with Crippen molar-refractivity contribution in [3.8, 4) is 0 Å². The SMILES string of the molecule is O=C(Nc1cccc(Cl)c1)N1CCCN(C(=O)C2CCCCN2C(=O)c2ccco2)CC1. The molecule has 1 atom stereocenters. The van der Waals surface area contributed by atoms with Crippen LogP contribution in [0.1, 0.15) is 36.2 Å². The van der Waals surface area contributed by atoms with Crippen molar-refractivity contribution in [1.29, 1.82) is 0 Å². The van der Waals surface area contributed by atoms with Crippen molar-refractivity contribution in [2.75, 3.05) is 38.0 Å². The normalized spacial score (nSPS) is 19.4. The highest BCUT2D eigenvalue weighted by molar-refractivity contribution is 6.30. The maximum absolute atomic E-state index is 13.4. The molecule has 8 nitrogen and oxygen atoms in total. The molecule has 32 heavy (non-hydrogen) atoms. The summed E-state index contributed by atoms with van der Waals surface area (Å²) in [5.74, 6) is -0.0449. The molecule has 2 saturated heterocycles. The van der Waals surface area contributed by atoms with Crippen LogP contribution < -0.4 is 5.32 Å². The van der Waals surface area contributed by atoms with E-state index in [4.69, 9.17) is 16.0 Å². The van der Waals surface area contributed by atoms with E-state index in [1.165, 1.54) is 6.26 Å². The van der Waals surface area contributed by atoms with Crippen LogP contribution in [0.25, 0.3) is 0 Å². The molecule has 1 aromatic carbocycles. The Balaban J connectivity index is 1.38. The topological polar surface area (TPSA) is 86.1 Å². The summed E-state index contributed by atoms with van der Waals surface area (Å²) in [5, 5.41) is 3.41. The number of urea groups is 1. The van der Waals surface area contributed by atoms with Gasteiger partial charge in [0.25, 0.3) is 5.91 Å². The van der Waals surface area contributed by atoms with Crippen molar-refractivity contribution in [3.63, 3.8) is 0 Å². The maximum Gasteiger partial charge on any atom is 0.321 e. The predicted octanol–water partition coefficient (Wildman–Crippen LogP) is 3.69. The molecule has 0 saturated carbocycles. The second-order valence-electron chi connectivity index (χ2n) is 8.09. The van der Waals surface area contributed by atoms with Gasteiger partial charge in [0.05, 0.1) is 6.26 Å². The zero-order chi connectivity index (χ0) is 22.5. The molecule has 1 unspecified atom stereocenters. The highest BCUT2D eigenvalue weighted by Crippen LogP contribution is 2.23. The van der Waals surface area contributed by atoms with Crippen LogP contribution >= 0.6 is 11.6 Å². The summed E-state index contributed by atoms with van der Waals surface area (Å²) in [5.41, 5.74) is 0.633. The number of carbonyl (C=O) groups is 3. The van der Waals surface area contributed by atoms with E-state index in [-0.39, 0.29) is 23.6 Å². The van der Waals surface area contributed by atoms with Gasteiger partial charge in [-0.1, -0.05) is 17.7 Å². The molecule has 1 aromatic heterocycles. The molecule has 9 heteroatoms. The molecule has 2 aromatic rings. The molecule has 3 heterocycles. The molecule has 2 aliphatic rings. The predicted molar refractivity (Wildman–Crippen MR) is 121 cm³/mol. The van der Waals surface area contributed by atoms with Crippen molar-refractivity contribution in [3.05, 3.63) is 53.4 Å². The Morgan fingerprint density at radius 2 is 1.75 bits per heavy atom. The van der Waals surface area contributed by atoms with Crippen LogP contribution in [0.3, 0.4) is 0 Å². The number of benzene rings is 1. The van der Waals surface area contributed by atoms with E-state index in [1.807, 2.05) is 0 Å². The van der Waals surface area contributed by atoms with Gasteiger partial charge in [-0.25, -0.2) is 4.79 Å². The lowest BCUT2D eigenvalue weighted by molar-refractivity contribution is -0.137. The number of nitrogens with one attached hydrogen (secondary N) is 1. The minimum absolute atomic E-state index is 0.0540. The average Bonchev–Trinajstić information content (AvgIpc) is 3.22. The number of nitrogens with zero attached hydrogens (tertiary/aromatic N) is 3. The number of piperidine rings is 1. The van der Waals surface area contributed by atoms with Gasteiger partial charge in [-0.15, -0.1) is 0 Å². The zero-order valence-electron chi connectivity index (χ0n) is 17.8. The minimum atomic E-state index is -0.492. The smallest absolute Gasteiger partial charge is 0.321 e. The highest BCUT2D eigenvalue weighted by atomic mass is 35.5. The molecule has 2 aliphatic heterocycles. The van der Waals surface area contributed by atoms with Crippen LogP contribution in [0.15, 0.2) is 47.1 Å². The van der Waals surface area contributed by atoms with Crippen LogP contribution in [-0.2, 0) is 4.79 Å². The summed E-state index contributed by atoms with van der Waals surface area (Å²) in [7, 11) is 0. The monoisotopic (exact) mass is 458 g/mol. The van der Waals surface area contributed by atoms with Crippen molar-refractivity contribution >= 4 is 35.1 Å². The van der Waals surface area contributed by atoms with Crippen molar-refractivity contribution in [1.82, 2.24) is 14.7 Å². The number of amides is 4. The fourth-order valence-electron chi connectivity index (χ4n) is 4.29. The Labute approximate surface area is 192 Å². The summed E-state index contributed by atoms with van der Waals surface area (Å²) in [6.45, 7) is 2.50. The number of carbonyl (C=O) groups excluding carboxylic acids is 3. The van der Waals surface area contributed by atoms with Gasteiger partial charge in [0.15, 0.2) is 5.76 Å². The standard InChI is InChI=1S/C23H27ClN4O4/c24-17-6-3-7-18(16-17)25-23(31)27-11-5-10-26(13-14-27)21(29)19-8-1-2-12-28(19)22(30)20-9-4-15-32-20/h3-4,6-7,9,15-16,19H,1-2,5,8,10-14H2,(H,25,31). The molecule has 0 spiro atoms. The first kappa shape index (κ1) is 22.2. The molecule has 4 amide bonds. The Hall–Kier alpha value is -3.00. The van der Waals surface area contributed by atoms with Crippen molar-refractivity contribution < 1.29 is 18.8 Å². The second-order valence-corrected chi connectivity index (χ2v) is 8.53. The van der Waals surface area contributed by atoms with Gasteiger partial charge in [-0.05, 0) is 56.0 Å². The van der Waals surface area contributed by atoms with E-state index in [9.17, 15) is 14.4 Å². The Kier molecular flexibility index (Phi) is 6.99.